The average Bonchev–Trinajstić information content (AvgIpc) is 2.39. The van der Waals surface area contributed by atoms with Crippen molar-refractivity contribution in [1.29, 1.82) is 0 Å². The molecule has 0 atom stereocenters. The number of aliphatic hydroxyl groups excluding tert-OH is 1. The van der Waals surface area contributed by atoms with Crippen LogP contribution in [0.3, 0.4) is 0 Å². The van der Waals surface area contributed by atoms with Crippen LogP contribution in [-0.2, 0) is 4.74 Å². The Morgan fingerprint density at radius 3 is 1.53 bits per heavy atom. The van der Waals surface area contributed by atoms with Gasteiger partial charge in [-0.3, -0.25) is 0 Å². The molecule has 0 spiro atoms. The van der Waals surface area contributed by atoms with Gasteiger partial charge in [-0.15, -0.1) is 0 Å². The molecule has 0 aliphatic rings. The molecule has 3 heteroatoms. The zero-order valence-electron chi connectivity index (χ0n) is 14.5. The summed E-state index contributed by atoms with van der Waals surface area (Å²) in [4.78, 5) is 0. The predicted molar refractivity (Wildman–Crippen MR) is 80.1 cm³/mol. The smallest absolute Gasteiger partial charge is 1.00 e. The summed E-state index contributed by atoms with van der Waals surface area (Å²) < 4.78 is 5.22. The van der Waals surface area contributed by atoms with Crippen molar-refractivity contribution in [3.05, 3.63) is 0 Å². The molecule has 0 aromatic heterocycles. The van der Waals surface area contributed by atoms with E-state index in [0.717, 1.165) is 13.0 Å². The Hall–Kier alpha value is 0.920. The molecule has 2 nitrogen and oxygen atoms in total. The summed E-state index contributed by atoms with van der Waals surface area (Å²) in [5.41, 5.74) is 0. The molecule has 0 aromatic rings. The van der Waals surface area contributed by atoms with E-state index in [1.807, 2.05) is 0 Å². The van der Waals surface area contributed by atoms with E-state index in [0.29, 0.717) is 6.61 Å². The van der Waals surface area contributed by atoms with Crippen molar-refractivity contribution in [2.45, 2.75) is 84.0 Å². The second-order valence-corrected chi connectivity index (χ2v) is 5.23. The molecule has 112 valence electrons. The van der Waals surface area contributed by atoms with E-state index in [2.05, 4.69) is 6.92 Å². The van der Waals surface area contributed by atoms with Crippen LogP contribution in [0.1, 0.15) is 85.4 Å². The third-order valence-corrected chi connectivity index (χ3v) is 3.38. The number of ether oxygens (including phenoxy) is 1. The van der Waals surface area contributed by atoms with Gasteiger partial charge in [0.1, 0.15) is 0 Å². The van der Waals surface area contributed by atoms with E-state index in [4.69, 9.17) is 9.84 Å². The Morgan fingerprint density at radius 2 is 1.11 bits per heavy atom. The summed E-state index contributed by atoms with van der Waals surface area (Å²) in [5.74, 6) is 0. The van der Waals surface area contributed by atoms with Crippen molar-refractivity contribution < 1.29 is 40.8 Å². The van der Waals surface area contributed by atoms with Gasteiger partial charge in [-0.25, -0.2) is 0 Å². The molecule has 0 saturated carbocycles. The molecule has 19 heavy (non-hydrogen) atoms. The molecule has 0 aliphatic heterocycles. The Bertz CT molecular complexity index is 132. The van der Waals surface area contributed by atoms with Gasteiger partial charge in [-0.2, -0.15) is 0 Å². The SMILES string of the molecule is CCCCCCCCCCCCCCOCCO.[H-].[Na+]. The van der Waals surface area contributed by atoms with E-state index in [9.17, 15) is 0 Å². The van der Waals surface area contributed by atoms with Crippen LogP contribution in [0.4, 0.5) is 0 Å². The monoisotopic (exact) mass is 282 g/mol. The molecule has 0 aliphatic carbocycles. The first-order valence-electron chi connectivity index (χ1n) is 8.10. The van der Waals surface area contributed by atoms with Gasteiger partial charge >= 0.3 is 29.6 Å². The molecule has 0 fully saturated rings. The minimum absolute atomic E-state index is 0. The van der Waals surface area contributed by atoms with Crippen LogP contribution in [-0.4, -0.2) is 24.9 Å². The first kappa shape index (κ1) is 22.2. The van der Waals surface area contributed by atoms with Crippen LogP contribution >= 0.6 is 0 Å². The van der Waals surface area contributed by atoms with Crippen LogP contribution in [0.2, 0.25) is 0 Å². The van der Waals surface area contributed by atoms with Crippen molar-refractivity contribution >= 4 is 0 Å². The van der Waals surface area contributed by atoms with Crippen LogP contribution < -0.4 is 29.6 Å². The summed E-state index contributed by atoms with van der Waals surface area (Å²) in [6.45, 7) is 3.74. The minimum Gasteiger partial charge on any atom is -1.00 e. The molecule has 0 rings (SSSR count). The second kappa shape index (κ2) is 21.2. The Morgan fingerprint density at radius 1 is 0.684 bits per heavy atom. The summed E-state index contributed by atoms with van der Waals surface area (Å²) in [6.07, 6.45) is 16.5. The molecule has 0 unspecified atom stereocenters. The maximum absolute atomic E-state index is 8.53. The van der Waals surface area contributed by atoms with Crippen LogP contribution in [0, 0.1) is 0 Å². The van der Waals surface area contributed by atoms with Gasteiger partial charge in [0.15, 0.2) is 0 Å². The Balaban J connectivity index is -0.00000144. The molecule has 0 bridgehead atoms. The van der Waals surface area contributed by atoms with E-state index < -0.39 is 0 Å². The van der Waals surface area contributed by atoms with Crippen LogP contribution in [0.5, 0.6) is 0 Å². The fourth-order valence-electron chi connectivity index (χ4n) is 2.21. The quantitative estimate of drug-likeness (QED) is 0.367. The molecule has 0 amide bonds. The molecular weight excluding hydrogens is 247 g/mol. The summed E-state index contributed by atoms with van der Waals surface area (Å²) in [6, 6.07) is 0. The van der Waals surface area contributed by atoms with Crippen LogP contribution in [0.25, 0.3) is 0 Å². The van der Waals surface area contributed by atoms with E-state index in [1.165, 1.54) is 70.6 Å². The Kier molecular flexibility index (Phi) is 24.8. The largest absolute Gasteiger partial charge is 1.00 e. The van der Waals surface area contributed by atoms with Crippen molar-refractivity contribution in [3.8, 4) is 0 Å². The van der Waals surface area contributed by atoms with Crippen molar-refractivity contribution in [3.63, 3.8) is 0 Å². The Labute approximate surface area is 144 Å². The minimum atomic E-state index is 0. The van der Waals surface area contributed by atoms with Gasteiger partial charge in [0.2, 0.25) is 0 Å². The van der Waals surface area contributed by atoms with Gasteiger partial charge in [0.25, 0.3) is 0 Å². The van der Waals surface area contributed by atoms with E-state index >= 15 is 0 Å². The fraction of sp³-hybridized carbons (Fsp3) is 1.00. The first-order valence-corrected chi connectivity index (χ1v) is 8.10. The number of unbranched alkanes of at least 4 members (excludes halogenated alkanes) is 11. The topological polar surface area (TPSA) is 29.5 Å². The molecule has 0 radical (unpaired) electrons. The van der Waals surface area contributed by atoms with Gasteiger partial charge in [-0.05, 0) is 6.42 Å². The standard InChI is InChI=1S/C16H34O2.Na.H/c1-2-3-4-5-6-7-8-9-10-11-12-13-15-18-16-14-17;;/h17H,2-16H2,1H3;;/q;+1;-1. The maximum Gasteiger partial charge on any atom is 1.00 e. The first-order chi connectivity index (χ1) is 8.91. The van der Waals surface area contributed by atoms with Gasteiger partial charge in [0.05, 0.1) is 13.2 Å². The molecule has 0 heterocycles. The number of aliphatic hydroxyl groups is 1. The van der Waals surface area contributed by atoms with Gasteiger partial charge in [-0.1, -0.05) is 77.6 Å². The number of hydrogen-bond acceptors (Lipinski definition) is 2. The van der Waals surface area contributed by atoms with Crippen LogP contribution in [0.15, 0.2) is 0 Å². The molecule has 1 N–H and O–H groups in total. The predicted octanol–water partition coefficient (Wildman–Crippen LogP) is 1.81. The fourth-order valence-corrected chi connectivity index (χ4v) is 2.21. The van der Waals surface area contributed by atoms with Crippen molar-refractivity contribution in [1.82, 2.24) is 0 Å². The average molecular weight is 282 g/mol. The summed E-state index contributed by atoms with van der Waals surface area (Å²) in [5, 5.41) is 8.53. The normalized spacial score (nSPS) is 10.4. The van der Waals surface area contributed by atoms with Gasteiger partial charge in [0, 0.05) is 6.61 Å². The maximum atomic E-state index is 8.53. The zero-order chi connectivity index (χ0) is 13.3. The van der Waals surface area contributed by atoms with Crippen molar-refractivity contribution in [2.24, 2.45) is 0 Å². The molecule has 0 saturated heterocycles. The third kappa shape index (κ3) is 21.4. The summed E-state index contributed by atoms with van der Waals surface area (Å²) in [7, 11) is 0. The summed E-state index contributed by atoms with van der Waals surface area (Å²) >= 11 is 0. The molecular formula is C16H35NaO2. The van der Waals surface area contributed by atoms with E-state index in [-0.39, 0.29) is 37.6 Å². The second-order valence-electron chi connectivity index (χ2n) is 5.23. The van der Waals surface area contributed by atoms with Gasteiger partial charge < -0.3 is 11.3 Å². The zero-order valence-corrected chi connectivity index (χ0v) is 15.5. The molecule has 0 aromatic carbocycles. The number of rotatable bonds is 15. The van der Waals surface area contributed by atoms with E-state index in [1.54, 1.807) is 0 Å². The third-order valence-electron chi connectivity index (χ3n) is 3.38. The number of hydrogen-bond donors (Lipinski definition) is 1. The van der Waals surface area contributed by atoms with Crippen molar-refractivity contribution in [2.75, 3.05) is 19.8 Å².